The number of benzene rings is 1. The molecule has 2 aromatic rings. The van der Waals surface area contributed by atoms with Crippen LogP contribution in [-0.2, 0) is 16.0 Å². The minimum Gasteiger partial charge on any atom is -0.338 e. The van der Waals surface area contributed by atoms with Crippen LogP contribution in [0.1, 0.15) is 57.6 Å². The average Bonchev–Trinajstić information content (AvgIpc) is 3.12. The molecule has 9 heteroatoms. The molecule has 0 atom stereocenters. The van der Waals surface area contributed by atoms with E-state index in [-0.39, 0.29) is 48.7 Å². The predicted molar refractivity (Wildman–Crippen MR) is 134 cm³/mol. The minimum absolute atomic E-state index is 0.00313. The molecular formula is C24H33ClN4O3S. The first-order chi connectivity index (χ1) is 15.5. The van der Waals surface area contributed by atoms with Crippen LogP contribution in [0.5, 0.6) is 0 Å². The fourth-order valence-corrected chi connectivity index (χ4v) is 4.60. The standard InChI is InChI=1S/C24H33ClN4O3S/c1-15(2)12-28(23(32)19-9-7-8-10-20(19)25)13-21(30)27-24-26-18(14-33-24)11-22(31)29(16(3)4)17(5)6/h7-10,14-17H,11-13H2,1-6H3,(H,26,27,30). The van der Waals surface area contributed by atoms with Gasteiger partial charge in [-0.15, -0.1) is 11.3 Å². The molecule has 0 spiro atoms. The van der Waals surface area contributed by atoms with Gasteiger partial charge in [0.25, 0.3) is 5.91 Å². The largest absolute Gasteiger partial charge is 0.338 e. The van der Waals surface area contributed by atoms with Crippen molar-refractivity contribution >= 4 is 45.8 Å². The molecule has 2 rings (SSSR count). The van der Waals surface area contributed by atoms with Gasteiger partial charge in [0.2, 0.25) is 11.8 Å². The zero-order valence-electron chi connectivity index (χ0n) is 20.1. The lowest BCUT2D eigenvalue weighted by molar-refractivity contribution is -0.134. The Bertz CT molecular complexity index is 966. The van der Waals surface area contributed by atoms with Crippen molar-refractivity contribution < 1.29 is 14.4 Å². The topological polar surface area (TPSA) is 82.6 Å². The van der Waals surface area contributed by atoms with Crippen molar-refractivity contribution in [3.8, 4) is 0 Å². The van der Waals surface area contributed by atoms with E-state index in [0.29, 0.717) is 28.0 Å². The summed E-state index contributed by atoms with van der Waals surface area (Å²) < 4.78 is 0. The summed E-state index contributed by atoms with van der Waals surface area (Å²) in [6.07, 6.45) is 0.174. The molecule has 0 saturated carbocycles. The number of nitrogens with zero attached hydrogens (tertiary/aromatic N) is 3. The molecule has 7 nitrogen and oxygen atoms in total. The van der Waals surface area contributed by atoms with Gasteiger partial charge in [0.15, 0.2) is 5.13 Å². The molecule has 1 aromatic heterocycles. The maximum Gasteiger partial charge on any atom is 0.255 e. The predicted octanol–water partition coefficient (Wildman–Crippen LogP) is 4.72. The van der Waals surface area contributed by atoms with Crippen molar-refractivity contribution in [3.63, 3.8) is 0 Å². The van der Waals surface area contributed by atoms with Gasteiger partial charge in [0, 0.05) is 24.0 Å². The third kappa shape index (κ3) is 7.82. The summed E-state index contributed by atoms with van der Waals surface area (Å²) in [5.41, 5.74) is 0.973. The highest BCUT2D eigenvalue weighted by molar-refractivity contribution is 7.13. The van der Waals surface area contributed by atoms with Crippen LogP contribution in [0.4, 0.5) is 5.13 Å². The second-order valence-electron chi connectivity index (χ2n) is 8.92. The van der Waals surface area contributed by atoms with Crippen LogP contribution in [0.15, 0.2) is 29.6 Å². The van der Waals surface area contributed by atoms with E-state index in [2.05, 4.69) is 10.3 Å². The highest BCUT2D eigenvalue weighted by atomic mass is 35.5. The number of hydrogen-bond acceptors (Lipinski definition) is 5. The highest BCUT2D eigenvalue weighted by Gasteiger charge is 2.23. The number of aromatic nitrogens is 1. The van der Waals surface area contributed by atoms with E-state index in [1.807, 2.05) is 46.4 Å². The van der Waals surface area contributed by atoms with Crippen molar-refractivity contribution in [3.05, 3.63) is 45.9 Å². The molecule has 0 aliphatic heterocycles. The third-order valence-electron chi connectivity index (χ3n) is 4.84. The summed E-state index contributed by atoms with van der Waals surface area (Å²) in [5.74, 6) is -0.477. The molecule has 180 valence electrons. The highest BCUT2D eigenvalue weighted by Crippen LogP contribution is 2.20. The molecule has 1 N–H and O–H groups in total. The molecule has 1 aromatic carbocycles. The Kier molecular flexibility index (Phi) is 9.86. The van der Waals surface area contributed by atoms with Crippen LogP contribution in [0, 0.1) is 5.92 Å². The Hall–Kier alpha value is -2.45. The molecule has 3 amide bonds. The van der Waals surface area contributed by atoms with Crippen molar-refractivity contribution in [1.82, 2.24) is 14.8 Å². The molecule has 0 saturated heterocycles. The van der Waals surface area contributed by atoms with E-state index in [0.717, 1.165) is 0 Å². The monoisotopic (exact) mass is 492 g/mol. The van der Waals surface area contributed by atoms with Gasteiger partial charge in [-0.2, -0.15) is 0 Å². The van der Waals surface area contributed by atoms with E-state index in [9.17, 15) is 14.4 Å². The van der Waals surface area contributed by atoms with E-state index in [1.54, 1.807) is 29.6 Å². The Morgan fingerprint density at radius 1 is 1.06 bits per heavy atom. The SMILES string of the molecule is CC(C)CN(CC(=O)Nc1nc(CC(=O)N(C(C)C)C(C)C)cs1)C(=O)c1ccccc1Cl. The first kappa shape index (κ1) is 26.8. The molecule has 0 radical (unpaired) electrons. The van der Waals surface area contributed by atoms with Crippen molar-refractivity contribution in [1.29, 1.82) is 0 Å². The zero-order chi connectivity index (χ0) is 24.7. The van der Waals surface area contributed by atoms with Crippen LogP contribution in [0.2, 0.25) is 5.02 Å². The summed E-state index contributed by atoms with van der Waals surface area (Å²) in [6.45, 7) is 12.2. The molecule has 33 heavy (non-hydrogen) atoms. The van der Waals surface area contributed by atoms with E-state index in [4.69, 9.17) is 11.6 Å². The average molecular weight is 493 g/mol. The second kappa shape index (κ2) is 12.1. The van der Waals surface area contributed by atoms with Gasteiger partial charge in [-0.3, -0.25) is 14.4 Å². The lowest BCUT2D eigenvalue weighted by atomic mass is 10.1. The fourth-order valence-electron chi connectivity index (χ4n) is 3.66. The number of amides is 3. The van der Waals surface area contributed by atoms with Gasteiger partial charge < -0.3 is 15.1 Å². The summed E-state index contributed by atoms with van der Waals surface area (Å²) in [7, 11) is 0. The van der Waals surface area contributed by atoms with Crippen LogP contribution in [0.25, 0.3) is 0 Å². The smallest absolute Gasteiger partial charge is 0.255 e. The number of thiazole rings is 1. The van der Waals surface area contributed by atoms with Gasteiger partial charge in [0.05, 0.1) is 22.7 Å². The maximum absolute atomic E-state index is 13.0. The minimum atomic E-state index is -0.353. The van der Waals surface area contributed by atoms with E-state index >= 15 is 0 Å². The summed E-state index contributed by atoms with van der Waals surface area (Å²) in [5, 5.41) is 5.27. The third-order valence-corrected chi connectivity index (χ3v) is 5.98. The summed E-state index contributed by atoms with van der Waals surface area (Å²) in [6, 6.07) is 6.99. The zero-order valence-corrected chi connectivity index (χ0v) is 21.7. The lowest BCUT2D eigenvalue weighted by Crippen LogP contribution is -2.42. The first-order valence-corrected chi connectivity index (χ1v) is 12.3. The number of carbonyl (C=O) groups is 3. The second-order valence-corrected chi connectivity index (χ2v) is 10.2. The fraction of sp³-hybridized carbons (Fsp3) is 0.500. The molecule has 0 aliphatic rings. The first-order valence-electron chi connectivity index (χ1n) is 11.1. The van der Waals surface area contributed by atoms with Crippen LogP contribution in [-0.4, -0.2) is 57.7 Å². The summed E-state index contributed by atoms with van der Waals surface area (Å²) >= 11 is 7.44. The molecule has 0 aliphatic carbocycles. The molecule has 0 fully saturated rings. The molecule has 1 heterocycles. The van der Waals surface area contributed by atoms with E-state index in [1.165, 1.54) is 16.2 Å². The number of anilines is 1. The van der Waals surface area contributed by atoms with Crippen molar-refractivity contribution in [2.24, 2.45) is 5.92 Å². The maximum atomic E-state index is 13.0. The molecule has 0 unspecified atom stereocenters. The molecule has 0 bridgehead atoms. The normalized spacial score (nSPS) is 11.2. The Balaban J connectivity index is 2.05. The van der Waals surface area contributed by atoms with Gasteiger partial charge >= 0.3 is 0 Å². The Morgan fingerprint density at radius 2 is 1.70 bits per heavy atom. The lowest BCUT2D eigenvalue weighted by Gasteiger charge is -2.30. The van der Waals surface area contributed by atoms with Gasteiger partial charge in [-0.1, -0.05) is 37.6 Å². The van der Waals surface area contributed by atoms with E-state index < -0.39 is 0 Å². The van der Waals surface area contributed by atoms with Gasteiger partial charge in [-0.05, 0) is 45.7 Å². The van der Waals surface area contributed by atoms with Crippen LogP contribution >= 0.6 is 22.9 Å². The number of rotatable bonds is 10. The Morgan fingerprint density at radius 3 is 2.27 bits per heavy atom. The number of carbonyl (C=O) groups excluding carboxylic acids is 3. The van der Waals surface area contributed by atoms with Gasteiger partial charge in [-0.25, -0.2) is 4.98 Å². The van der Waals surface area contributed by atoms with Crippen LogP contribution < -0.4 is 5.32 Å². The van der Waals surface area contributed by atoms with Gasteiger partial charge in [0.1, 0.15) is 6.54 Å². The molecular weight excluding hydrogens is 460 g/mol. The number of halogens is 1. The quantitative estimate of drug-likeness (QED) is 0.520. The Labute approximate surface area is 205 Å². The number of nitrogens with one attached hydrogen (secondary N) is 1. The van der Waals surface area contributed by atoms with Crippen molar-refractivity contribution in [2.45, 2.75) is 60.0 Å². The summed E-state index contributed by atoms with van der Waals surface area (Å²) in [4.78, 5) is 46.1. The van der Waals surface area contributed by atoms with Crippen LogP contribution in [0.3, 0.4) is 0 Å². The number of hydrogen-bond donors (Lipinski definition) is 1. The van der Waals surface area contributed by atoms with Crippen molar-refractivity contribution in [2.75, 3.05) is 18.4 Å².